The van der Waals surface area contributed by atoms with Crippen molar-refractivity contribution in [2.45, 2.75) is 37.9 Å². The molecule has 1 aromatic heterocycles. The molecule has 0 saturated carbocycles. The van der Waals surface area contributed by atoms with Gasteiger partial charge in [0.05, 0.1) is 31.5 Å². The van der Waals surface area contributed by atoms with E-state index < -0.39 is 31.0 Å². The van der Waals surface area contributed by atoms with Crippen LogP contribution in [0.4, 0.5) is 29.5 Å². The van der Waals surface area contributed by atoms with E-state index in [1.165, 1.54) is 12.0 Å². The molecular weight excluding hydrogens is 415 g/mol. The number of hydrogen-bond donors (Lipinski definition) is 2. The van der Waals surface area contributed by atoms with Gasteiger partial charge in [-0.1, -0.05) is 12.1 Å². The molecule has 0 unspecified atom stereocenters. The smallest absolute Gasteiger partial charge is 0.389 e. The molecule has 0 aliphatic carbocycles. The van der Waals surface area contributed by atoms with Gasteiger partial charge in [0, 0.05) is 25.6 Å². The van der Waals surface area contributed by atoms with Gasteiger partial charge < -0.3 is 15.0 Å². The largest absolute Gasteiger partial charge is 0.495 e. The molecule has 1 aliphatic rings. The Bertz CT molecular complexity index is 907. The van der Waals surface area contributed by atoms with Crippen LogP contribution in [0.5, 0.6) is 5.75 Å². The van der Waals surface area contributed by atoms with Gasteiger partial charge in [0.2, 0.25) is 5.91 Å². The standard InChI is InChI=1S/C20H24F3N5O3/c1-31-16-5-3-2-4-15(16)25-19(30)26-17-7-11-24-28(17)14-8-12-27(13-9-14)18(29)6-10-20(21,22)23/h2-5,7,11,14H,6,8-10,12-13H2,1H3,(H2,25,26,30). The second-order valence-electron chi connectivity index (χ2n) is 7.17. The summed E-state index contributed by atoms with van der Waals surface area (Å²) in [7, 11) is 1.51. The third kappa shape index (κ3) is 6.12. The number of rotatable bonds is 6. The monoisotopic (exact) mass is 439 g/mol. The van der Waals surface area contributed by atoms with E-state index in [1.807, 2.05) is 0 Å². The van der Waals surface area contributed by atoms with Gasteiger partial charge in [0.15, 0.2) is 0 Å². The van der Waals surface area contributed by atoms with Crippen LogP contribution < -0.4 is 15.4 Å². The summed E-state index contributed by atoms with van der Waals surface area (Å²) in [5.74, 6) is 0.508. The van der Waals surface area contributed by atoms with Crippen molar-refractivity contribution in [1.82, 2.24) is 14.7 Å². The molecule has 11 heteroatoms. The van der Waals surface area contributed by atoms with Gasteiger partial charge in [-0.3, -0.25) is 10.1 Å². The highest BCUT2D eigenvalue weighted by atomic mass is 19.4. The van der Waals surface area contributed by atoms with Gasteiger partial charge >= 0.3 is 12.2 Å². The van der Waals surface area contributed by atoms with E-state index in [2.05, 4.69) is 15.7 Å². The van der Waals surface area contributed by atoms with Gasteiger partial charge in [-0.15, -0.1) is 0 Å². The summed E-state index contributed by atoms with van der Waals surface area (Å²) < 4.78 is 43.9. The van der Waals surface area contributed by atoms with Crippen molar-refractivity contribution in [1.29, 1.82) is 0 Å². The Morgan fingerprint density at radius 3 is 2.55 bits per heavy atom. The second-order valence-corrected chi connectivity index (χ2v) is 7.17. The molecule has 0 spiro atoms. The molecule has 168 valence electrons. The van der Waals surface area contributed by atoms with E-state index in [0.29, 0.717) is 43.2 Å². The fourth-order valence-corrected chi connectivity index (χ4v) is 3.49. The minimum atomic E-state index is -4.34. The number of nitrogens with one attached hydrogen (secondary N) is 2. The number of hydrogen-bond acceptors (Lipinski definition) is 4. The molecule has 8 nitrogen and oxygen atoms in total. The topological polar surface area (TPSA) is 88.5 Å². The van der Waals surface area contributed by atoms with Crippen LogP contribution >= 0.6 is 0 Å². The highest BCUT2D eigenvalue weighted by Gasteiger charge is 2.31. The summed E-state index contributed by atoms with van der Waals surface area (Å²) in [5, 5.41) is 9.73. The molecule has 0 radical (unpaired) electrons. The number of nitrogens with zero attached hydrogens (tertiary/aromatic N) is 3. The average Bonchev–Trinajstić information content (AvgIpc) is 3.20. The first kappa shape index (κ1) is 22.4. The molecule has 1 fully saturated rings. The number of urea groups is 1. The van der Waals surface area contributed by atoms with Crippen LogP contribution in [0.3, 0.4) is 0 Å². The lowest BCUT2D eigenvalue weighted by molar-refractivity contribution is -0.149. The Hall–Kier alpha value is -3.24. The van der Waals surface area contributed by atoms with Gasteiger partial charge in [-0.05, 0) is 25.0 Å². The van der Waals surface area contributed by atoms with E-state index in [-0.39, 0.29) is 6.04 Å². The van der Waals surface area contributed by atoms with Crippen LogP contribution in [-0.2, 0) is 4.79 Å². The number of aromatic nitrogens is 2. The van der Waals surface area contributed by atoms with Gasteiger partial charge in [-0.2, -0.15) is 18.3 Å². The third-order valence-corrected chi connectivity index (χ3v) is 5.05. The summed E-state index contributed by atoms with van der Waals surface area (Å²) in [6.07, 6.45) is -3.37. The van der Waals surface area contributed by atoms with Crippen molar-refractivity contribution in [2.24, 2.45) is 0 Å². The van der Waals surface area contributed by atoms with Crippen LogP contribution in [0, 0.1) is 0 Å². The number of ether oxygens (including phenoxy) is 1. The number of carbonyl (C=O) groups excluding carboxylic acids is 2. The molecular formula is C20H24F3N5O3. The Balaban J connectivity index is 1.55. The van der Waals surface area contributed by atoms with Crippen LogP contribution in [0.15, 0.2) is 36.5 Å². The molecule has 0 bridgehead atoms. The lowest BCUT2D eigenvalue weighted by Crippen LogP contribution is -2.39. The molecule has 2 heterocycles. The minimum Gasteiger partial charge on any atom is -0.495 e. The van der Waals surface area contributed by atoms with Gasteiger partial charge in [0.1, 0.15) is 11.6 Å². The van der Waals surface area contributed by atoms with Crippen molar-refractivity contribution >= 4 is 23.4 Å². The van der Waals surface area contributed by atoms with E-state index in [1.54, 1.807) is 41.2 Å². The average molecular weight is 439 g/mol. The molecule has 3 rings (SSSR count). The molecule has 2 aromatic rings. The quantitative estimate of drug-likeness (QED) is 0.711. The van der Waals surface area contributed by atoms with E-state index in [4.69, 9.17) is 4.74 Å². The summed E-state index contributed by atoms with van der Waals surface area (Å²) in [5.41, 5.74) is 0.513. The van der Waals surface area contributed by atoms with Gasteiger partial charge in [0.25, 0.3) is 0 Å². The minimum absolute atomic E-state index is 0.0803. The Labute approximate surface area is 177 Å². The highest BCUT2D eigenvalue weighted by molar-refractivity contribution is 6.00. The maximum absolute atomic E-state index is 12.4. The Morgan fingerprint density at radius 1 is 1.16 bits per heavy atom. The highest BCUT2D eigenvalue weighted by Crippen LogP contribution is 2.28. The summed E-state index contributed by atoms with van der Waals surface area (Å²) in [6.45, 7) is 0.683. The van der Waals surface area contributed by atoms with Gasteiger partial charge in [-0.25, -0.2) is 9.48 Å². The first-order valence-corrected chi connectivity index (χ1v) is 9.86. The number of amides is 3. The van der Waals surface area contributed by atoms with E-state index in [9.17, 15) is 22.8 Å². The predicted molar refractivity (Wildman–Crippen MR) is 108 cm³/mol. The number of para-hydroxylation sites is 2. The zero-order valence-corrected chi connectivity index (χ0v) is 17.0. The molecule has 1 saturated heterocycles. The lowest BCUT2D eigenvalue weighted by atomic mass is 10.0. The number of likely N-dealkylation sites (tertiary alicyclic amines) is 1. The number of anilines is 2. The Morgan fingerprint density at radius 2 is 1.87 bits per heavy atom. The maximum atomic E-state index is 12.4. The molecule has 3 amide bonds. The summed E-state index contributed by atoms with van der Waals surface area (Å²) in [4.78, 5) is 25.9. The molecule has 1 aromatic carbocycles. The first-order valence-electron chi connectivity index (χ1n) is 9.86. The number of benzene rings is 1. The van der Waals surface area contributed by atoms with Crippen LogP contribution in [0.1, 0.15) is 31.7 Å². The normalized spacial score (nSPS) is 14.9. The summed E-state index contributed by atoms with van der Waals surface area (Å²) >= 11 is 0. The van der Waals surface area contributed by atoms with Crippen molar-refractivity contribution in [3.63, 3.8) is 0 Å². The molecule has 1 aliphatic heterocycles. The zero-order valence-electron chi connectivity index (χ0n) is 17.0. The zero-order chi connectivity index (χ0) is 22.4. The molecule has 31 heavy (non-hydrogen) atoms. The second kappa shape index (κ2) is 9.71. The molecule has 0 atom stereocenters. The molecule has 2 N–H and O–H groups in total. The number of carbonyl (C=O) groups is 2. The summed E-state index contributed by atoms with van der Waals surface area (Å²) in [6, 6.07) is 8.10. The third-order valence-electron chi connectivity index (χ3n) is 5.05. The fraction of sp³-hybridized carbons (Fsp3) is 0.450. The first-order chi connectivity index (χ1) is 14.8. The van der Waals surface area contributed by atoms with E-state index in [0.717, 1.165) is 0 Å². The van der Waals surface area contributed by atoms with Crippen LogP contribution in [-0.4, -0.2) is 53.0 Å². The SMILES string of the molecule is COc1ccccc1NC(=O)Nc1ccnn1C1CCN(C(=O)CCC(F)(F)F)CC1. The van der Waals surface area contributed by atoms with Crippen molar-refractivity contribution in [3.05, 3.63) is 36.5 Å². The lowest BCUT2D eigenvalue weighted by Gasteiger charge is -2.33. The van der Waals surface area contributed by atoms with Crippen LogP contribution in [0.25, 0.3) is 0 Å². The fourth-order valence-electron chi connectivity index (χ4n) is 3.49. The Kier molecular flexibility index (Phi) is 7.03. The maximum Gasteiger partial charge on any atom is 0.389 e. The van der Waals surface area contributed by atoms with E-state index >= 15 is 0 Å². The number of piperidine rings is 1. The number of alkyl halides is 3. The van der Waals surface area contributed by atoms with Crippen molar-refractivity contribution in [3.8, 4) is 5.75 Å². The number of methoxy groups -OCH3 is 1. The van der Waals surface area contributed by atoms with Crippen LogP contribution in [0.2, 0.25) is 0 Å². The predicted octanol–water partition coefficient (Wildman–Crippen LogP) is 4.04. The van der Waals surface area contributed by atoms with Crippen molar-refractivity contribution < 1.29 is 27.5 Å². The van der Waals surface area contributed by atoms with Crippen molar-refractivity contribution in [2.75, 3.05) is 30.8 Å². The number of halogens is 3.